The molecule has 3 heterocycles. The van der Waals surface area contributed by atoms with Gasteiger partial charge in [0.25, 0.3) is 0 Å². The van der Waals surface area contributed by atoms with Gasteiger partial charge >= 0.3 is 5.97 Å². The van der Waals surface area contributed by atoms with Crippen LogP contribution in [0.3, 0.4) is 0 Å². The highest BCUT2D eigenvalue weighted by Crippen LogP contribution is 2.19. The maximum Gasteiger partial charge on any atom is 0.334 e. The first-order valence-electron chi connectivity index (χ1n) is 7.54. The Labute approximate surface area is 142 Å². The minimum Gasteiger partial charge on any atom is -0.479 e. The smallest absolute Gasteiger partial charge is 0.334 e. The fourth-order valence-corrected chi connectivity index (χ4v) is 3.16. The van der Waals surface area contributed by atoms with Gasteiger partial charge in [0.2, 0.25) is 17.6 Å². The molecular weight excluding hydrogens is 334 g/mol. The second-order valence-corrected chi connectivity index (χ2v) is 6.38. The molecule has 128 valence electrons. The Morgan fingerprint density at radius 3 is 3.00 bits per heavy atom. The van der Waals surface area contributed by atoms with Crippen molar-refractivity contribution in [1.82, 2.24) is 15.0 Å². The molecule has 0 aromatic carbocycles. The molecular formula is C15H17N3O5S. The molecule has 24 heavy (non-hydrogen) atoms. The summed E-state index contributed by atoms with van der Waals surface area (Å²) >= 11 is 1.54. The standard InChI is InChI=1S/C15H17N3O5S/c1-9-6-18(7-11(22-9)15(20)21)13(19)3-2-12-16-14(17-23-12)10-4-5-24-8-10/h4-5,8-9,11H,2-3,6-7H2,1H3,(H,20,21)/t9-,11?/m1/s1. The van der Waals surface area contributed by atoms with Gasteiger partial charge in [-0.15, -0.1) is 0 Å². The SMILES string of the molecule is C[C@@H]1CN(C(=O)CCc2nc(-c3ccsc3)no2)CC(C(=O)O)O1. The van der Waals surface area contributed by atoms with Crippen LogP contribution in [0.15, 0.2) is 21.3 Å². The summed E-state index contributed by atoms with van der Waals surface area (Å²) in [4.78, 5) is 29.2. The lowest BCUT2D eigenvalue weighted by molar-refractivity contribution is -0.166. The van der Waals surface area contributed by atoms with E-state index in [1.165, 1.54) is 4.90 Å². The van der Waals surface area contributed by atoms with Gasteiger partial charge < -0.3 is 19.3 Å². The third-order valence-electron chi connectivity index (χ3n) is 3.69. The van der Waals surface area contributed by atoms with Gasteiger partial charge in [0.05, 0.1) is 12.6 Å². The van der Waals surface area contributed by atoms with E-state index < -0.39 is 12.1 Å². The highest BCUT2D eigenvalue weighted by atomic mass is 32.1. The van der Waals surface area contributed by atoms with Crippen molar-refractivity contribution in [3.05, 3.63) is 22.7 Å². The monoisotopic (exact) mass is 351 g/mol. The number of amides is 1. The molecule has 1 fully saturated rings. The zero-order valence-electron chi connectivity index (χ0n) is 13.0. The Bertz CT molecular complexity index is 715. The molecule has 2 atom stereocenters. The van der Waals surface area contributed by atoms with Gasteiger partial charge in [0.1, 0.15) is 0 Å². The predicted octanol–water partition coefficient (Wildman–Crippen LogP) is 1.43. The third kappa shape index (κ3) is 3.80. The van der Waals surface area contributed by atoms with Crippen molar-refractivity contribution in [3.63, 3.8) is 0 Å². The summed E-state index contributed by atoms with van der Waals surface area (Å²) in [5.74, 6) is -0.311. The molecule has 2 aromatic rings. The summed E-state index contributed by atoms with van der Waals surface area (Å²) in [5.41, 5.74) is 0.882. The normalized spacial score (nSPS) is 21.0. The number of carbonyl (C=O) groups excluding carboxylic acids is 1. The Hall–Kier alpha value is -2.26. The Kier molecular flexibility index (Phi) is 4.91. The number of carboxylic acid groups (broad SMARTS) is 1. The maximum absolute atomic E-state index is 12.3. The molecule has 1 N–H and O–H groups in total. The number of aliphatic carboxylic acids is 1. The van der Waals surface area contributed by atoms with Gasteiger partial charge in [-0.3, -0.25) is 4.79 Å². The molecule has 1 amide bonds. The Balaban J connectivity index is 1.56. The molecule has 3 rings (SSSR count). The van der Waals surface area contributed by atoms with Crippen LogP contribution < -0.4 is 0 Å². The highest BCUT2D eigenvalue weighted by Gasteiger charge is 2.32. The van der Waals surface area contributed by atoms with Crippen LogP contribution in [0.4, 0.5) is 0 Å². The predicted molar refractivity (Wildman–Crippen MR) is 84.5 cm³/mol. The topological polar surface area (TPSA) is 106 Å². The number of aryl methyl sites for hydroxylation is 1. The van der Waals surface area contributed by atoms with E-state index >= 15 is 0 Å². The number of rotatable bonds is 5. The zero-order valence-corrected chi connectivity index (χ0v) is 13.9. The molecule has 9 heteroatoms. The van der Waals surface area contributed by atoms with Crippen LogP contribution in [0, 0.1) is 0 Å². The molecule has 1 saturated heterocycles. The summed E-state index contributed by atoms with van der Waals surface area (Å²) in [6.45, 7) is 2.19. The summed E-state index contributed by atoms with van der Waals surface area (Å²) < 4.78 is 10.5. The van der Waals surface area contributed by atoms with Gasteiger partial charge in [-0.2, -0.15) is 16.3 Å². The largest absolute Gasteiger partial charge is 0.479 e. The average molecular weight is 351 g/mol. The number of aromatic nitrogens is 2. The quantitative estimate of drug-likeness (QED) is 0.868. The minimum atomic E-state index is -1.06. The van der Waals surface area contributed by atoms with E-state index in [0.717, 1.165) is 5.56 Å². The van der Waals surface area contributed by atoms with Crippen molar-refractivity contribution in [2.75, 3.05) is 13.1 Å². The number of hydrogen-bond acceptors (Lipinski definition) is 7. The third-order valence-corrected chi connectivity index (χ3v) is 4.37. The van der Waals surface area contributed by atoms with Crippen molar-refractivity contribution in [2.45, 2.75) is 32.0 Å². The summed E-state index contributed by atoms with van der Waals surface area (Å²) in [6.07, 6.45) is -0.784. The van der Waals surface area contributed by atoms with Crippen molar-refractivity contribution >= 4 is 23.2 Å². The van der Waals surface area contributed by atoms with Crippen LogP contribution in [0.5, 0.6) is 0 Å². The number of morpholine rings is 1. The summed E-state index contributed by atoms with van der Waals surface area (Å²) in [5, 5.41) is 16.8. The van der Waals surface area contributed by atoms with Crippen LogP contribution in [0.2, 0.25) is 0 Å². The van der Waals surface area contributed by atoms with Gasteiger partial charge in [-0.1, -0.05) is 5.16 Å². The van der Waals surface area contributed by atoms with E-state index in [-0.39, 0.29) is 25.0 Å². The fourth-order valence-electron chi connectivity index (χ4n) is 2.53. The average Bonchev–Trinajstić information content (AvgIpc) is 3.23. The van der Waals surface area contributed by atoms with Gasteiger partial charge in [-0.05, 0) is 18.4 Å². The molecule has 1 aliphatic heterocycles. The summed E-state index contributed by atoms with van der Waals surface area (Å²) in [6, 6.07) is 1.89. The maximum atomic E-state index is 12.3. The van der Waals surface area contributed by atoms with Crippen molar-refractivity contribution < 1.29 is 24.0 Å². The van der Waals surface area contributed by atoms with Crippen LogP contribution in [0.25, 0.3) is 11.4 Å². The molecule has 0 radical (unpaired) electrons. The van der Waals surface area contributed by atoms with Crippen LogP contribution in [0.1, 0.15) is 19.2 Å². The fraction of sp³-hybridized carbons (Fsp3) is 0.467. The van der Waals surface area contributed by atoms with E-state index in [4.69, 9.17) is 14.4 Å². The number of carbonyl (C=O) groups is 2. The number of carboxylic acids is 1. The van der Waals surface area contributed by atoms with E-state index in [1.54, 1.807) is 18.3 Å². The molecule has 1 unspecified atom stereocenters. The van der Waals surface area contributed by atoms with Crippen molar-refractivity contribution in [1.29, 1.82) is 0 Å². The van der Waals surface area contributed by atoms with Gasteiger partial charge in [0, 0.05) is 30.3 Å². The lowest BCUT2D eigenvalue weighted by atomic mass is 10.2. The van der Waals surface area contributed by atoms with Crippen LogP contribution in [-0.2, 0) is 20.7 Å². The second-order valence-electron chi connectivity index (χ2n) is 5.60. The van der Waals surface area contributed by atoms with Gasteiger partial charge in [-0.25, -0.2) is 4.79 Å². The molecule has 1 aliphatic rings. The van der Waals surface area contributed by atoms with E-state index in [1.807, 2.05) is 16.8 Å². The van der Waals surface area contributed by atoms with Crippen LogP contribution >= 0.6 is 11.3 Å². The number of nitrogens with zero attached hydrogens (tertiary/aromatic N) is 3. The molecule has 0 bridgehead atoms. The summed E-state index contributed by atoms with van der Waals surface area (Å²) in [7, 11) is 0. The van der Waals surface area contributed by atoms with Crippen LogP contribution in [-0.4, -0.2) is 57.3 Å². The lowest BCUT2D eigenvalue weighted by Gasteiger charge is -2.34. The number of hydrogen-bond donors (Lipinski definition) is 1. The first-order chi connectivity index (χ1) is 11.5. The van der Waals surface area contributed by atoms with Crippen molar-refractivity contribution in [2.24, 2.45) is 0 Å². The highest BCUT2D eigenvalue weighted by molar-refractivity contribution is 7.08. The molecule has 0 spiro atoms. The second kappa shape index (κ2) is 7.10. The van der Waals surface area contributed by atoms with E-state index in [0.29, 0.717) is 24.7 Å². The lowest BCUT2D eigenvalue weighted by Crippen LogP contribution is -2.51. The first kappa shape index (κ1) is 16.6. The number of thiophene rings is 1. The molecule has 2 aromatic heterocycles. The molecule has 8 nitrogen and oxygen atoms in total. The molecule has 0 saturated carbocycles. The first-order valence-corrected chi connectivity index (χ1v) is 8.48. The Morgan fingerprint density at radius 2 is 2.29 bits per heavy atom. The van der Waals surface area contributed by atoms with E-state index in [9.17, 15) is 9.59 Å². The zero-order chi connectivity index (χ0) is 17.1. The van der Waals surface area contributed by atoms with Gasteiger partial charge in [0.15, 0.2) is 6.10 Å². The van der Waals surface area contributed by atoms with E-state index in [2.05, 4.69) is 10.1 Å². The van der Waals surface area contributed by atoms with Crippen molar-refractivity contribution in [3.8, 4) is 11.4 Å². The molecule has 0 aliphatic carbocycles. The Morgan fingerprint density at radius 1 is 1.46 bits per heavy atom. The minimum absolute atomic E-state index is 0.0580. The number of ether oxygens (including phenoxy) is 1.